The van der Waals surface area contributed by atoms with Crippen LogP contribution in [0.3, 0.4) is 0 Å². The highest BCUT2D eigenvalue weighted by Crippen LogP contribution is 2.39. The number of hydrogen-bond donors (Lipinski definition) is 11. The maximum Gasteiger partial charge on any atom is 0.246 e. The van der Waals surface area contributed by atoms with Gasteiger partial charge in [-0.3, -0.25) is 43.3 Å². The van der Waals surface area contributed by atoms with Crippen LogP contribution in [-0.4, -0.2) is 108 Å². The first-order valence-corrected chi connectivity index (χ1v) is 27.0. The Morgan fingerprint density at radius 3 is 2.10 bits per heavy atom. The molecule has 15 N–H and O–H groups in total. The van der Waals surface area contributed by atoms with Crippen LogP contribution in [-0.2, 0) is 44.8 Å². The number of fused-ring (bicyclic) bond motifs is 1. The van der Waals surface area contributed by atoms with Crippen molar-refractivity contribution < 1.29 is 38.4 Å². The lowest BCUT2D eigenvalue weighted by atomic mass is 9.73. The molecule has 1 aliphatic carbocycles. The number of benzene rings is 3. The highest BCUT2D eigenvalue weighted by Gasteiger charge is 2.46. The number of aromatic nitrogens is 1. The summed E-state index contributed by atoms with van der Waals surface area (Å²) >= 11 is 0. The van der Waals surface area contributed by atoms with E-state index >= 15 is 4.79 Å². The highest BCUT2D eigenvalue weighted by atomic mass is 16.2. The molecule has 3 aromatic carbocycles. The second-order valence-corrected chi connectivity index (χ2v) is 20.0. The Hall–Kier alpha value is -7.61. The van der Waals surface area contributed by atoms with Crippen LogP contribution in [0.5, 0.6) is 0 Å². The van der Waals surface area contributed by atoms with E-state index in [9.17, 15) is 33.6 Å². The predicted octanol–water partition coefficient (Wildman–Crippen LogP) is 3.24. The average molecular weight is 1060 g/mol. The Kier molecular flexibility index (Phi) is 23.6. The summed E-state index contributed by atoms with van der Waals surface area (Å²) in [6.45, 7) is 3.96. The Balaban J connectivity index is 0.00000540. The summed E-state index contributed by atoms with van der Waals surface area (Å²) in [6, 6.07) is 21.2. The van der Waals surface area contributed by atoms with E-state index in [0.717, 1.165) is 22.9 Å². The summed E-state index contributed by atoms with van der Waals surface area (Å²) in [5, 5.41) is 18.3. The molecule has 0 bridgehead atoms. The lowest BCUT2D eigenvalue weighted by Crippen LogP contribution is -2.66. The fraction of sp³-hybridized carbons (Fsp3) is 0.491. The van der Waals surface area contributed by atoms with Crippen LogP contribution in [0.2, 0.25) is 0 Å². The quantitative estimate of drug-likeness (QED) is 0.0377. The van der Waals surface area contributed by atoms with Gasteiger partial charge in [-0.2, -0.15) is 0 Å². The van der Waals surface area contributed by atoms with Crippen molar-refractivity contribution in [3.05, 3.63) is 108 Å². The number of Topliss-reactive ketones (excluding diaryl/α,β-unsaturated/α-hetero) is 1. The van der Waals surface area contributed by atoms with Crippen molar-refractivity contribution in [2.75, 3.05) is 20.1 Å². The molecule has 1 aromatic heterocycles. The largest absolute Gasteiger partial charge is 0.370 e. The molecular weight excluding hydrogens is 981 g/mol. The third kappa shape index (κ3) is 17.5. The number of aromatic amines is 1. The van der Waals surface area contributed by atoms with Gasteiger partial charge in [0, 0.05) is 55.4 Å². The molecule has 1 aliphatic heterocycles. The number of unbranched alkanes of at least 4 members (excludes halogenated alkanes) is 1. The first kappa shape index (κ1) is 60.3. The van der Waals surface area contributed by atoms with E-state index in [-0.39, 0.29) is 88.7 Å². The molecule has 1 saturated carbocycles. The van der Waals surface area contributed by atoms with E-state index in [4.69, 9.17) is 17.2 Å². The molecule has 1 saturated heterocycles. The van der Waals surface area contributed by atoms with Crippen molar-refractivity contribution in [3.8, 4) is 0 Å². The van der Waals surface area contributed by atoms with Crippen LogP contribution in [0.25, 0.3) is 10.9 Å². The van der Waals surface area contributed by atoms with E-state index < -0.39 is 82.8 Å². The van der Waals surface area contributed by atoms with Gasteiger partial charge in [-0.05, 0) is 99.9 Å². The van der Waals surface area contributed by atoms with E-state index in [0.29, 0.717) is 43.2 Å². The number of H-pyrrole nitrogens is 1. The number of carbonyl (C=O) groups is 8. The third-order valence-electron chi connectivity index (χ3n) is 14.6. The molecular formula is C57H80N12O8. The zero-order chi connectivity index (χ0) is 55.9. The van der Waals surface area contributed by atoms with Crippen molar-refractivity contribution >= 4 is 64.0 Å². The maximum atomic E-state index is 15.2. The number of hydrogen-bond acceptors (Lipinski definition) is 10. The van der Waals surface area contributed by atoms with Crippen LogP contribution >= 0.6 is 0 Å². The van der Waals surface area contributed by atoms with Gasteiger partial charge < -0.3 is 59.8 Å². The van der Waals surface area contributed by atoms with Crippen molar-refractivity contribution in [2.24, 2.45) is 33.8 Å². The molecule has 77 heavy (non-hydrogen) atoms. The van der Waals surface area contributed by atoms with Gasteiger partial charge in [0.15, 0.2) is 11.7 Å². The minimum absolute atomic E-state index is 0.0104. The molecule has 2 aliphatic rings. The van der Waals surface area contributed by atoms with Gasteiger partial charge in [0.2, 0.25) is 41.4 Å². The molecule has 2 fully saturated rings. The van der Waals surface area contributed by atoms with E-state index in [1.807, 2.05) is 67.6 Å². The molecule has 6 atom stereocenters. The first-order chi connectivity index (χ1) is 37.1. The lowest BCUT2D eigenvalue weighted by molar-refractivity contribution is -0.139. The molecule has 6 rings (SSSR count). The van der Waals surface area contributed by atoms with Crippen molar-refractivity contribution in [2.45, 2.75) is 152 Å². The predicted molar refractivity (Wildman–Crippen MR) is 296 cm³/mol. The van der Waals surface area contributed by atoms with Gasteiger partial charge >= 0.3 is 0 Å². The zero-order valence-electron chi connectivity index (χ0n) is 44.7. The van der Waals surface area contributed by atoms with Crippen LogP contribution in [0.4, 0.5) is 0 Å². The van der Waals surface area contributed by atoms with Crippen LogP contribution < -0.4 is 54.8 Å². The highest BCUT2D eigenvalue weighted by molar-refractivity contribution is 6.06. The maximum absolute atomic E-state index is 15.2. The number of nitrogens with two attached hydrogens (primary N) is 4. The van der Waals surface area contributed by atoms with Crippen LogP contribution in [0, 0.1) is 5.92 Å². The summed E-state index contributed by atoms with van der Waals surface area (Å²) in [6.07, 6.45) is 5.13. The summed E-state index contributed by atoms with van der Waals surface area (Å²) in [5.41, 5.74) is 23.4. The normalized spacial score (nSPS) is 23.8. The molecule has 1 spiro atoms. The number of rotatable bonds is 14. The van der Waals surface area contributed by atoms with Gasteiger partial charge in [0.05, 0.1) is 12.0 Å². The van der Waals surface area contributed by atoms with Gasteiger partial charge in [-0.15, -0.1) is 0 Å². The molecule has 2 heterocycles. The fourth-order valence-electron chi connectivity index (χ4n) is 10.2. The number of carbonyl (C=O) groups excluding carboxylic acids is 8. The summed E-state index contributed by atoms with van der Waals surface area (Å²) in [4.78, 5) is 122. The third-order valence-corrected chi connectivity index (χ3v) is 14.6. The molecule has 20 heteroatoms. The second-order valence-electron chi connectivity index (χ2n) is 20.0. The molecule has 4 aromatic rings. The minimum Gasteiger partial charge on any atom is -0.370 e. The number of guanidine groups is 1. The number of ketones is 1. The number of para-hydroxylation sites is 1. The number of aliphatic imine (C=N–C) groups is 1. The summed E-state index contributed by atoms with van der Waals surface area (Å²) in [7, 11) is 1.50. The standard InChI is InChI=1S/C56H75N11O8.CH5N/c1-3-4-24-47(69)63-44-25-26-46(68)60-31-14-13-21-40(50(57)71)49(70)48(35(2)41-34-62-42-22-12-11-20-39(41)42)66-51(72)43(23-15-32-61-55(58)59)64-52(73)45(33-36-16-7-5-8-17-36)65-54(75)56(67-53(44)74)29-27-38(28-30-56)37-18-9-6-10-19-37;1-2/h5-12,16-20,22,34-35,38,40,43-45,48,62H,3-4,13-15,21,23-33H2,1-2H3,(H2,57,71)(H,60,68)(H,63,69)(H,64,73)(H,65,75)(H,66,72)(H,67,74)(H4,58,59,61);2H2,1H3/t35-,38?,40-,43+,44+,45-,48-,56?;/m1./s1. The number of amides is 7. The number of primary amides is 1. The number of nitrogens with one attached hydrogen (secondary N) is 7. The molecule has 0 radical (unpaired) electrons. The van der Waals surface area contributed by atoms with Crippen LogP contribution in [0.15, 0.2) is 96.1 Å². The lowest BCUT2D eigenvalue weighted by Gasteiger charge is -2.41. The van der Waals surface area contributed by atoms with Crippen molar-refractivity contribution in [1.29, 1.82) is 0 Å². The van der Waals surface area contributed by atoms with Crippen molar-refractivity contribution in [1.82, 2.24) is 36.9 Å². The zero-order valence-corrected chi connectivity index (χ0v) is 44.7. The number of nitrogens with zero attached hydrogens (tertiary/aromatic N) is 1. The van der Waals surface area contributed by atoms with E-state index in [1.165, 1.54) is 7.05 Å². The topological polar surface area (TPSA) is 341 Å². The fourth-order valence-corrected chi connectivity index (χ4v) is 10.2. The van der Waals surface area contributed by atoms with Gasteiger partial charge in [0.25, 0.3) is 0 Å². The second kappa shape index (κ2) is 30.2. The molecule has 7 amide bonds. The average Bonchev–Trinajstić information content (AvgIpc) is 3.88. The van der Waals surface area contributed by atoms with E-state index in [2.05, 4.69) is 47.6 Å². The van der Waals surface area contributed by atoms with Gasteiger partial charge in [0.1, 0.15) is 23.7 Å². The van der Waals surface area contributed by atoms with Crippen molar-refractivity contribution in [3.63, 3.8) is 0 Å². The smallest absolute Gasteiger partial charge is 0.246 e. The van der Waals surface area contributed by atoms with Gasteiger partial charge in [-0.25, -0.2) is 0 Å². The SMILES string of the molecule is CCCCC(=O)N[C@H]1CCC(=O)NCCCC[C@@H](C(N)=O)C(=O)[C@@H]([C@H](C)c2c[nH]c3ccccc23)NC(=O)[C@H](CCCN=C(N)N)NC(=O)[C@@H](Cc2ccccc2)NC(=O)C2(CCC(c3ccccc3)CC2)NC1=O.CN. The molecule has 20 nitrogen and oxygen atoms in total. The minimum atomic E-state index is -1.57. The molecule has 416 valence electrons. The summed E-state index contributed by atoms with van der Waals surface area (Å²) < 4.78 is 0. The van der Waals surface area contributed by atoms with E-state index in [1.54, 1.807) is 37.4 Å². The monoisotopic (exact) mass is 1060 g/mol. The molecule has 0 unspecified atom stereocenters. The Morgan fingerprint density at radius 2 is 1.43 bits per heavy atom. The first-order valence-electron chi connectivity index (χ1n) is 27.0. The summed E-state index contributed by atoms with van der Waals surface area (Å²) in [5.74, 6) is -7.26. The Labute approximate surface area is 451 Å². The Bertz CT molecular complexity index is 2630. The van der Waals surface area contributed by atoms with Gasteiger partial charge in [-0.1, -0.05) is 106 Å². The van der Waals surface area contributed by atoms with Crippen LogP contribution in [0.1, 0.15) is 132 Å². The Morgan fingerprint density at radius 1 is 0.766 bits per heavy atom.